The first-order valence-electron chi connectivity index (χ1n) is 5.28. The third-order valence-electron chi connectivity index (χ3n) is 3.12. The SMILES string of the molecule is Cc1[nH]c2cc3cc(Br)c(=O)oc3cc2c1C. The van der Waals surface area contributed by atoms with Crippen molar-refractivity contribution in [3.63, 3.8) is 0 Å². The molecule has 2 heterocycles. The zero-order valence-corrected chi connectivity index (χ0v) is 11.0. The lowest BCUT2D eigenvalue weighted by Crippen LogP contribution is -1.98. The second-order valence-corrected chi connectivity index (χ2v) is 5.05. The van der Waals surface area contributed by atoms with E-state index in [1.165, 1.54) is 5.56 Å². The predicted molar refractivity (Wildman–Crippen MR) is 71.5 cm³/mol. The van der Waals surface area contributed by atoms with Gasteiger partial charge in [-0.3, -0.25) is 0 Å². The Morgan fingerprint density at radius 2 is 2.00 bits per heavy atom. The molecule has 0 saturated heterocycles. The average Bonchev–Trinajstić information content (AvgIpc) is 2.54. The van der Waals surface area contributed by atoms with Gasteiger partial charge in [0.15, 0.2) is 0 Å². The van der Waals surface area contributed by atoms with Gasteiger partial charge in [-0.2, -0.15) is 0 Å². The quantitative estimate of drug-likeness (QED) is 0.643. The number of aryl methyl sites for hydroxylation is 2. The number of nitrogens with one attached hydrogen (secondary N) is 1. The maximum Gasteiger partial charge on any atom is 0.350 e. The summed E-state index contributed by atoms with van der Waals surface area (Å²) in [4.78, 5) is 14.8. The molecule has 3 aromatic rings. The molecule has 0 unspecified atom stereocenters. The van der Waals surface area contributed by atoms with Crippen LogP contribution in [-0.4, -0.2) is 4.98 Å². The highest BCUT2D eigenvalue weighted by atomic mass is 79.9. The fourth-order valence-corrected chi connectivity index (χ4v) is 2.38. The second-order valence-electron chi connectivity index (χ2n) is 4.19. The third-order valence-corrected chi connectivity index (χ3v) is 3.67. The molecule has 0 fully saturated rings. The van der Waals surface area contributed by atoms with Crippen LogP contribution in [0.3, 0.4) is 0 Å². The van der Waals surface area contributed by atoms with Crippen molar-refractivity contribution in [2.24, 2.45) is 0 Å². The highest BCUT2D eigenvalue weighted by Gasteiger charge is 2.08. The van der Waals surface area contributed by atoms with Gasteiger partial charge in [0.2, 0.25) is 0 Å². The summed E-state index contributed by atoms with van der Waals surface area (Å²) in [5.74, 6) is 0. The predicted octanol–water partition coefficient (Wildman–Crippen LogP) is 3.65. The lowest BCUT2D eigenvalue weighted by molar-refractivity contribution is 0.557. The van der Waals surface area contributed by atoms with E-state index >= 15 is 0 Å². The van der Waals surface area contributed by atoms with Gasteiger partial charge < -0.3 is 9.40 Å². The van der Waals surface area contributed by atoms with Gasteiger partial charge in [0.1, 0.15) is 10.1 Å². The molecule has 3 rings (SSSR count). The normalized spacial score (nSPS) is 11.5. The van der Waals surface area contributed by atoms with Gasteiger partial charge >= 0.3 is 5.63 Å². The van der Waals surface area contributed by atoms with Gasteiger partial charge in [-0.25, -0.2) is 4.79 Å². The summed E-state index contributed by atoms with van der Waals surface area (Å²) in [5.41, 5.74) is 3.66. The smallest absolute Gasteiger partial charge is 0.350 e. The van der Waals surface area contributed by atoms with E-state index in [2.05, 4.69) is 27.8 Å². The van der Waals surface area contributed by atoms with Crippen molar-refractivity contribution < 1.29 is 4.42 Å². The first-order chi connectivity index (χ1) is 8.06. The summed E-state index contributed by atoms with van der Waals surface area (Å²) < 4.78 is 5.70. The van der Waals surface area contributed by atoms with E-state index < -0.39 is 0 Å². The molecule has 0 saturated carbocycles. The number of benzene rings is 1. The summed E-state index contributed by atoms with van der Waals surface area (Å²) in [6.45, 7) is 4.09. The summed E-state index contributed by atoms with van der Waals surface area (Å²) in [7, 11) is 0. The molecule has 3 nitrogen and oxygen atoms in total. The summed E-state index contributed by atoms with van der Waals surface area (Å²) in [5, 5.41) is 2.01. The molecule has 0 spiro atoms. The standard InChI is InChI=1S/C13H10BrNO2/c1-6-7(2)15-11-4-8-3-10(14)13(16)17-12(8)5-9(6)11/h3-5,15H,1-2H3. The molecule has 17 heavy (non-hydrogen) atoms. The van der Waals surface area contributed by atoms with Crippen molar-refractivity contribution >= 4 is 37.8 Å². The zero-order chi connectivity index (χ0) is 12.2. The molecule has 0 atom stereocenters. The third kappa shape index (κ3) is 1.52. The first kappa shape index (κ1) is 10.6. The van der Waals surface area contributed by atoms with Crippen LogP contribution in [0.25, 0.3) is 21.9 Å². The minimum Gasteiger partial charge on any atom is -0.422 e. The zero-order valence-electron chi connectivity index (χ0n) is 9.43. The Morgan fingerprint density at radius 1 is 1.24 bits per heavy atom. The second kappa shape index (κ2) is 3.47. The Labute approximate surface area is 106 Å². The van der Waals surface area contributed by atoms with Crippen molar-refractivity contribution in [2.45, 2.75) is 13.8 Å². The lowest BCUT2D eigenvalue weighted by atomic mass is 10.1. The van der Waals surface area contributed by atoms with Crippen LogP contribution in [0.4, 0.5) is 0 Å². The van der Waals surface area contributed by atoms with E-state index in [-0.39, 0.29) is 5.63 Å². The fraction of sp³-hybridized carbons (Fsp3) is 0.154. The average molecular weight is 292 g/mol. The van der Waals surface area contributed by atoms with Crippen LogP contribution in [0.1, 0.15) is 11.3 Å². The van der Waals surface area contributed by atoms with Crippen LogP contribution in [0.2, 0.25) is 0 Å². The van der Waals surface area contributed by atoms with Gasteiger partial charge in [0, 0.05) is 22.0 Å². The van der Waals surface area contributed by atoms with Crippen molar-refractivity contribution in [1.29, 1.82) is 0 Å². The van der Waals surface area contributed by atoms with E-state index in [0.29, 0.717) is 10.1 Å². The molecule has 1 aromatic carbocycles. The van der Waals surface area contributed by atoms with Crippen molar-refractivity contribution in [1.82, 2.24) is 4.98 Å². The van der Waals surface area contributed by atoms with Crippen molar-refractivity contribution in [3.05, 3.63) is 44.3 Å². The Kier molecular flexibility index (Phi) is 2.16. The number of hydrogen-bond donors (Lipinski definition) is 1. The summed E-state index contributed by atoms with van der Waals surface area (Å²) in [6, 6.07) is 5.70. The Morgan fingerprint density at radius 3 is 2.76 bits per heavy atom. The van der Waals surface area contributed by atoms with Crippen molar-refractivity contribution in [3.8, 4) is 0 Å². The molecule has 86 valence electrons. The highest BCUT2D eigenvalue weighted by molar-refractivity contribution is 9.10. The molecule has 0 aliphatic rings. The van der Waals surface area contributed by atoms with Crippen LogP contribution >= 0.6 is 15.9 Å². The number of aromatic amines is 1. The molecule has 0 amide bonds. The number of aromatic nitrogens is 1. The highest BCUT2D eigenvalue weighted by Crippen LogP contribution is 2.27. The van der Waals surface area contributed by atoms with E-state index in [9.17, 15) is 4.79 Å². The molecule has 0 bridgehead atoms. The number of halogens is 1. The summed E-state index contributed by atoms with van der Waals surface area (Å²) in [6.07, 6.45) is 0. The fourth-order valence-electron chi connectivity index (χ4n) is 2.05. The van der Waals surface area contributed by atoms with Crippen LogP contribution < -0.4 is 5.63 Å². The van der Waals surface area contributed by atoms with Crippen LogP contribution in [0, 0.1) is 13.8 Å². The minimum absolute atomic E-state index is 0.346. The van der Waals surface area contributed by atoms with Gasteiger partial charge in [0.05, 0.1) is 0 Å². The number of fused-ring (bicyclic) bond motifs is 2. The molecule has 0 aliphatic heterocycles. The largest absolute Gasteiger partial charge is 0.422 e. The van der Waals surface area contributed by atoms with Crippen LogP contribution in [0.15, 0.2) is 31.9 Å². The van der Waals surface area contributed by atoms with Gasteiger partial charge in [-0.1, -0.05) is 0 Å². The number of rotatable bonds is 0. The van der Waals surface area contributed by atoms with E-state index in [4.69, 9.17) is 4.42 Å². The Balaban J connectivity index is 2.52. The van der Waals surface area contributed by atoms with E-state index in [1.54, 1.807) is 6.07 Å². The Bertz CT molecular complexity index is 798. The van der Waals surface area contributed by atoms with Crippen molar-refractivity contribution in [2.75, 3.05) is 0 Å². The molecule has 0 radical (unpaired) electrons. The summed E-state index contributed by atoms with van der Waals surface area (Å²) >= 11 is 3.18. The van der Waals surface area contributed by atoms with E-state index in [1.807, 2.05) is 19.1 Å². The molecular weight excluding hydrogens is 282 g/mol. The first-order valence-corrected chi connectivity index (χ1v) is 6.08. The van der Waals surface area contributed by atoms with Gasteiger partial charge in [-0.05, 0) is 53.5 Å². The molecule has 4 heteroatoms. The van der Waals surface area contributed by atoms with Gasteiger partial charge in [0.25, 0.3) is 0 Å². The molecule has 0 aliphatic carbocycles. The lowest BCUT2D eigenvalue weighted by Gasteiger charge is -1.98. The topological polar surface area (TPSA) is 46.0 Å². The van der Waals surface area contributed by atoms with Crippen LogP contribution in [0.5, 0.6) is 0 Å². The molecule has 1 N–H and O–H groups in total. The Hall–Kier alpha value is -1.55. The number of H-pyrrole nitrogens is 1. The van der Waals surface area contributed by atoms with Gasteiger partial charge in [-0.15, -0.1) is 0 Å². The molecular formula is C13H10BrNO2. The molecule has 2 aromatic heterocycles. The van der Waals surface area contributed by atoms with Crippen LogP contribution in [-0.2, 0) is 0 Å². The maximum atomic E-state index is 11.4. The monoisotopic (exact) mass is 291 g/mol. The van der Waals surface area contributed by atoms with E-state index in [0.717, 1.165) is 22.0 Å². The minimum atomic E-state index is -0.346. The maximum absolute atomic E-state index is 11.4. The number of hydrogen-bond acceptors (Lipinski definition) is 2.